The molecule has 0 aliphatic rings. The Morgan fingerprint density at radius 1 is 0.964 bits per heavy atom. The predicted octanol–water partition coefficient (Wildman–Crippen LogP) is 2.95. The van der Waals surface area contributed by atoms with Crippen molar-refractivity contribution in [2.24, 2.45) is 5.92 Å². The van der Waals surface area contributed by atoms with Gasteiger partial charge in [0.2, 0.25) is 5.91 Å². The van der Waals surface area contributed by atoms with E-state index >= 15 is 0 Å². The number of carbonyl (C=O) groups is 2. The molecule has 2 aromatic carbocycles. The van der Waals surface area contributed by atoms with Crippen LogP contribution in [0, 0.1) is 12.8 Å². The molecule has 2 N–H and O–H groups in total. The molecule has 0 fully saturated rings. The van der Waals surface area contributed by atoms with Crippen LogP contribution in [0.15, 0.2) is 48.5 Å². The monoisotopic (exact) mass is 384 g/mol. The predicted molar refractivity (Wildman–Crippen MR) is 109 cm³/mol. The quantitative estimate of drug-likeness (QED) is 0.652. The highest BCUT2D eigenvalue weighted by atomic mass is 16.5. The summed E-state index contributed by atoms with van der Waals surface area (Å²) in [5.41, 5.74) is 1.63. The van der Waals surface area contributed by atoms with E-state index in [1.54, 1.807) is 31.4 Å². The highest BCUT2D eigenvalue weighted by molar-refractivity contribution is 5.97. The Morgan fingerprint density at radius 3 is 2.14 bits per heavy atom. The molecule has 1 atom stereocenters. The van der Waals surface area contributed by atoms with Crippen LogP contribution in [-0.2, 0) is 4.79 Å². The second-order valence-corrected chi connectivity index (χ2v) is 6.88. The van der Waals surface area contributed by atoms with Crippen LogP contribution in [0.3, 0.4) is 0 Å². The average molecular weight is 384 g/mol. The van der Waals surface area contributed by atoms with Gasteiger partial charge in [-0.05, 0) is 49.2 Å². The van der Waals surface area contributed by atoms with Gasteiger partial charge in [0.25, 0.3) is 5.91 Å². The van der Waals surface area contributed by atoms with Gasteiger partial charge < -0.3 is 20.1 Å². The van der Waals surface area contributed by atoms with E-state index in [1.807, 2.05) is 45.0 Å². The van der Waals surface area contributed by atoms with Crippen molar-refractivity contribution in [1.82, 2.24) is 10.6 Å². The Hall–Kier alpha value is -3.02. The van der Waals surface area contributed by atoms with Crippen LogP contribution in [0.5, 0.6) is 11.5 Å². The molecule has 28 heavy (non-hydrogen) atoms. The van der Waals surface area contributed by atoms with Crippen molar-refractivity contribution in [3.05, 3.63) is 59.7 Å². The number of rotatable bonds is 9. The zero-order valence-corrected chi connectivity index (χ0v) is 16.8. The van der Waals surface area contributed by atoms with Crippen molar-refractivity contribution in [3.8, 4) is 11.5 Å². The van der Waals surface area contributed by atoms with Crippen molar-refractivity contribution >= 4 is 11.8 Å². The van der Waals surface area contributed by atoms with Gasteiger partial charge in [-0.1, -0.05) is 31.5 Å². The zero-order chi connectivity index (χ0) is 20.5. The van der Waals surface area contributed by atoms with Crippen molar-refractivity contribution < 1.29 is 19.1 Å². The summed E-state index contributed by atoms with van der Waals surface area (Å²) in [6.07, 6.45) is 0. The number of methoxy groups -OCH3 is 1. The number of benzene rings is 2. The standard InChI is InChI=1S/C22H28N2O4/c1-15(2)20(24-21(25)17-7-11-18(27-4)12-8-17)22(26)23-13-14-28-19-9-5-16(3)6-10-19/h5-12,15,20H,13-14H2,1-4H3,(H,23,26)(H,24,25). The third-order valence-electron chi connectivity index (χ3n) is 4.28. The summed E-state index contributed by atoms with van der Waals surface area (Å²) in [7, 11) is 1.57. The molecule has 0 saturated carbocycles. The van der Waals surface area contributed by atoms with Crippen LogP contribution in [0.2, 0.25) is 0 Å². The molecule has 0 bridgehead atoms. The van der Waals surface area contributed by atoms with Crippen LogP contribution in [0.25, 0.3) is 0 Å². The van der Waals surface area contributed by atoms with Gasteiger partial charge in [0.1, 0.15) is 24.1 Å². The lowest BCUT2D eigenvalue weighted by Gasteiger charge is -2.22. The normalized spacial score (nSPS) is 11.6. The molecule has 6 heteroatoms. The molecule has 6 nitrogen and oxygen atoms in total. The van der Waals surface area contributed by atoms with Crippen LogP contribution in [0.1, 0.15) is 29.8 Å². The first-order chi connectivity index (χ1) is 13.4. The fourth-order valence-electron chi connectivity index (χ4n) is 2.59. The molecule has 0 aromatic heterocycles. The minimum absolute atomic E-state index is 0.0554. The number of aryl methyl sites for hydroxylation is 1. The van der Waals surface area contributed by atoms with Crippen molar-refractivity contribution in [1.29, 1.82) is 0 Å². The fourth-order valence-corrected chi connectivity index (χ4v) is 2.59. The van der Waals surface area contributed by atoms with E-state index < -0.39 is 6.04 Å². The van der Waals surface area contributed by atoms with Crippen molar-refractivity contribution in [2.75, 3.05) is 20.3 Å². The molecule has 0 spiro atoms. The second kappa shape index (κ2) is 10.3. The maximum absolute atomic E-state index is 12.5. The molecule has 0 heterocycles. The van der Waals surface area contributed by atoms with E-state index in [0.29, 0.717) is 24.5 Å². The summed E-state index contributed by atoms with van der Waals surface area (Å²) in [4.78, 5) is 25.0. The van der Waals surface area contributed by atoms with Crippen LogP contribution in [0.4, 0.5) is 0 Å². The van der Waals surface area contributed by atoms with E-state index in [2.05, 4.69) is 10.6 Å². The maximum Gasteiger partial charge on any atom is 0.251 e. The summed E-state index contributed by atoms with van der Waals surface area (Å²) in [6.45, 7) is 6.50. The average Bonchev–Trinajstić information content (AvgIpc) is 2.70. The molecule has 1 unspecified atom stereocenters. The molecular formula is C22H28N2O4. The van der Waals surface area contributed by atoms with E-state index in [9.17, 15) is 9.59 Å². The third-order valence-corrected chi connectivity index (χ3v) is 4.28. The number of carbonyl (C=O) groups excluding carboxylic acids is 2. The Balaban J connectivity index is 1.84. The minimum atomic E-state index is -0.631. The maximum atomic E-state index is 12.5. The Kier molecular flexibility index (Phi) is 7.87. The first-order valence-electron chi connectivity index (χ1n) is 9.33. The number of nitrogens with one attached hydrogen (secondary N) is 2. The largest absolute Gasteiger partial charge is 0.497 e. The first kappa shape index (κ1) is 21.3. The Bertz CT molecular complexity index is 770. The lowest BCUT2D eigenvalue weighted by atomic mass is 10.0. The van der Waals surface area contributed by atoms with Gasteiger partial charge in [-0.25, -0.2) is 0 Å². The SMILES string of the molecule is COc1ccc(C(=O)NC(C(=O)NCCOc2ccc(C)cc2)C(C)C)cc1. The second-order valence-electron chi connectivity index (χ2n) is 6.88. The van der Waals surface area contributed by atoms with Gasteiger partial charge in [-0.15, -0.1) is 0 Å². The number of amides is 2. The van der Waals surface area contributed by atoms with Gasteiger partial charge in [-0.2, -0.15) is 0 Å². The topological polar surface area (TPSA) is 76.7 Å². The van der Waals surface area contributed by atoms with Gasteiger partial charge >= 0.3 is 0 Å². The molecule has 0 aliphatic heterocycles. The first-order valence-corrected chi connectivity index (χ1v) is 9.33. The summed E-state index contributed by atoms with van der Waals surface area (Å²) < 4.78 is 10.7. The number of hydrogen-bond acceptors (Lipinski definition) is 4. The Labute approximate surface area is 166 Å². The number of hydrogen-bond donors (Lipinski definition) is 2. The summed E-state index contributed by atoms with van der Waals surface area (Å²) >= 11 is 0. The van der Waals surface area contributed by atoms with Crippen LogP contribution < -0.4 is 20.1 Å². The summed E-state index contributed by atoms with van der Waals surface area (Å²) in [5, 5.41) is 5.62. The Morgan fingerprint density at radius 2 is 1.57 bits per heavy atom. The van der Waals surface area contributed by atoms with E-state index in [-0.39, 0.29) is 17.7 Å². The molecule has 150 valence electrons. The van der Waals surface area contributed by atoms with Crippen LogP contribution >= 0.6 is 0 Å². The lowest BCUT2D eigenvalue weighted by molar-refractivity contribution is -0.124. The molecular weight excluding hydrogens is 356 g/mol. The van der Waals surface area contributed by atoms with Gasteiger partial charge in [0.15, 0.2) is 0 Å². The molecule has 2 rings (SSSR count). The molecule has 0 saturated heterocycles. The van der Waals surface area contributed by atoms with Crippen molar-refractivity contribution in [3.63, 3.8) is 0 Å². The molecule has 2 aromatic rings. The van der Waals surface area contributed by atoms with E-state index in [4.69, 9.17) is 9.47 Å². The highest BCUT2D eigenvalue weighted by Gasteiger charge is 2.24. The van der Waals surface area contributed by atoms with E-state index in [1.165, 1.54) is 0 Å². The third kappa shape index (κ3) is 6.30. The van der Waals surface area contributed by atoms with Crippen molar-refractivity contribution in [2.45, 2.75) is 26.8 Å². The lowest BCUT2D eigenvalue weighted by Crippen LogP contribution is -2.50. The molecule has 0 radical (unpaired) electrons. The summed E-state index contributed by atoms with van der Waals surface area (Å²) in [6, 6.07) is 13.8. The fraction of sp³-hybridized carbons (Fsp3) is 0.364. The molecule has 2 amide bonds. The highest BCUT2D eigenvalue weighted by Crippen LogP contribution is 2.13. The van der Waals surface area contributed by atoms with Crippen LogP contribution in [-0.4, -0.2) is 38.1 Å². The minimum Gasteiger partial charge on any atom is -0.497 e. The van der Waals surface area contributed by atoms with Gasteiger partial charge in [-0.3, -0.25) is 9.59 Å². The molecule has 0 aliphatic carbocycles. The summed E-state index contributed by atoms with van der Waals surface area (Å²) in [5.74, 6) is 0.841. The number of ether oxygens (including phenoxy) is 2. The van der Waals surface area contributed by atoms with Gasteiger partial charge in [0, 0.05) is 5.56 Å². The van der Waals surface area contributed by atoms with Gasteiger partial charge in [0.05, 0.1) is 13.7 Å². The smallest absolute Gasteiger partial charge is 0.251 e. The zero-order valence-electron chi connectivity index (χ0n) is 16.8. The van der Waals surface area contributed by atoms with E-state index in [0.717, 1.165) is 11.3 Å².